The van der Waals surface area contributed by atoms with E-state index in [2.05, 4.69) is 6.58 Å². The van der Waals surface area contributed by atoms with Gasteiger partial charge in [0.05, 0.1) is 6.54 Å². The standard InChI is InChI=1S/C19H33N3O4/c1-7-16(23)20(6)14-17(24)22-11-9-15(10-12-22)13-21(8-2)18(25)26-19(3,4)5/h7,15H,1,8-14H2,2-6H3. The van der Waals surface area contributed by atoms with E-state index in [1.54, 1.807) is 16.8 Å². The molecular weight excluding hydrogens is 334 g/mol. The first kappa shape index (κ1) is 22.0. The van der Waals surface area contributed by atoms with Gasteiger partial charge in [-0.2, -0.15) is 0 Å². The quantitative estimate of drug-likeness (QED) is 0.674. The minimum atomic E-state index is -0.505. The molecule has 1 rings (SSSR count). The van der Waals surface area contributed by atoms with E-state index in [0.717, 1.165) is 12.8 Å². The van der Waals surface area contributed by atoms with Crippen molar-refractivity contribution in [2.45, 2.75) is 46.1 Å². The van der Waals surface area contributed by atoms with E-state index >= 15 is 0 Å². The van der Waals surface area contributed by atoms with Gasteiger partial charge in [0.15, 0.2) is 0 Å². The van der Waals surface area contributed by atoms with E-state index in [-0.39, 0.29) is 24.5 Å². The van der Waals surface area contributed by atoms with Crippen LogP contribution < -0.4 is 0 Å². The summed E-state index contributed by atoms with van der Waals surface area (Å²) in [5.74, 6) is 0.0314. The molecule has 0 radical (unpaired) electrons. The fraction of sp³-hybridized carbons (Fsp3) is 0.737. The van der Waals surface area contributed by atoms with Crippen molar-refractivity contribution in [2.75, 3.05) is 39.8 Å². The van der Waals surface area contributed by atoms with E-state index in [1.807, 2.05) is 27.7 Å². The molecule has 0 spiro atoms. The third-order valence-electron chi connectivity index (χ3n) is 4.40. The maximum Gasteiger partial charge on any atom is 0.410 e. The molecule has 0 bridgehead atoms. The smallest absolute Gasteiger partial charge is 0.410 e. The Morgan fingerprint density at radius 2 is 1.81 bits per heavy atom. The Kier molecular flexibility index (Phi) is 8.11. The minimum Gasteiger partial charge on any atom is -0.444 e. The van der Waals surface area contributed by atoms with Crippen molar-refractivity contribution in [1.29, 1.82) is 0 Å². The number of rotatable bonds is 6. The SMILES string of the molecule is C=CC(=O)N(C)CC(=O)N1CCC(CN(CC)C(=O)OC(C)(C)C)CC1. The molecule has 3 amide bonds. The van der Waals surface area contributed by atoms with Crippen LogP contribution in [0.4, 0.5) is 4.79 Å². The Bertz CT molecular complexity index is 519. The number of hydrogen-bond acceptors (Lipinski definition) is 4. The fourth-order valence-corrected chi connectivity index (χ4v) is 2.87. The summed E-state index contributed by atoms with van der Waals surface area (Å²) in [5.41, 5.74) is -0.505. The molecule has 0 aromatic carbocycles. The number of carbonyl (C=O) groups is 3. The van der Waals surface area contributed by atoms with Crippen LogP contribution in [-0.2, 0) is 14.3 Å². The Morgan fingerprint density at radius 1 is 1.23 bits per heavy atom. The number of likely N-dealkylation sites (tertiary alicyclic amines) is 1. The highest BCUT2D eigenvalue weighted by atomic mass is 16.6. The van der Waals surface area contributed by atoms with Gasteiger partial charge < -0.3 is 19.4 Å². The molecule has 0 aromatic rings. The van der Waals surface area contributed by atoms with Crippen LogP contribution in [0.5, 0.6) is 0 Å². The van der Waals surface area contributed by atoms with Gasteiger partial charge in [0.2, 0.25) is 11.8 Å². The largest absolute Gasteiger partial charge is 0.444 e. The Balaban J connectivity index is 2.47. The van der Waals surface area contributed by atoms with E-state index in [1.165, 1.54) is 11.0 Å². The number of piperidine rings is 1. The van der Waals surface area contributed by atoms with Crippen LogP contribution in [0.15, 0.2) is 12.7 Å². The molecule has 7 heteroatoms. The summed E-state index contributed by atoms with van der Waals surface area (Å²) >= 11 is 0. The van der Waals surface area contributed by atoms with Gasteiger partial charge in [-0.3, -0.25) is 9.59 Å². The van der Waals surface area contributed by atoms with Crippen molar-refractivity contribution < 1.29 is 19.1 Å². The van der Waals surface area contributed by atoms with E-state index in [0.29, 0.717) is 32.1 Å². The van der Waals surface area contributed by atoms with E-state index < -0.39 is 5.60 Å². The molecular formula is C19H33N3O4. The Labute approximate surface area is 156 Å². The molecule has 0 aliphatic carbocycles. The molecule has 1 saturated heterocycles. The molecule has 1 fully saturated rings. The Morgan fingerprint density at radius 3 is 2.27 bits per heavy atom. The van der Waals surface area contributed by atoms with Crippen molar-refractivity contribution in [3.63, 3.8) is 0 Å². The average Bonchev–Trinajstić information content (AvgIpc) is 2.57. The van der Waals surface area contributed by atoms with Crippen molar-refractivity contribution in [1.82, 2.24) is 14.7 Å². The zero-order valence-electron chi connectivity index (χ0n) is 16.8. The lowest BCUT2D eigenvalue weighted by molar-refractivity contribution is -0.138. The lowest BCUT2D eigenvalue weighted by Gasteiger charge is -2.35. The van der Waals surface area contributed by atoms with Crippen LogP contribution in [-0.4, -0.2) is 78.0 Å². The first-order chi connectivity index (χ1) is 12.1. The second-order valence-electron chi connectivity index (χ2n) is 7.74. The van der Waals surface area contributed by atoms with Crippen molar-refractivity contribution in [3.05, 3.63) is 12.7 Å². The molecule has 0 unspecified atom stereocenters. The highest BCUT2D eigenvalue weighted by molar-refractivity contribution is 5.90. The summed E-state index contributed by atoms with van der Waals surface area (Å²) in [5, 5.41) is 0. The first-order valence-corrected chi connectivity index (χ1v) is 9.20. The fourth-order valence-electron chi connectivity index (χ4n) is 2.87. The number of hydrogen-bond donors (Lipinski definition) is 0. The van der Waals surface area contributed by atoms with Crippen molar-refractivity contribution in [3.8, 4) is 0 Å². The van der Waals surface area contributed by atoms with Gasteiger partial charge in [0.25, 0.3) is 0 Å². The molecule has 1 heterocycles. The maximum atomic E-state index is 12.3. The highest BCUT2D eigenvalue weighted by Crippen LogP contribution is 2.20. The van der Waals surface area contributed by atoms with Crippen molar-refractivity contribution in [2.24, 2.45) is 5.92 Å². The van der Waals surface area contributed by atoms with Gasteiger partial charge in [0, 0.05) is 33.2 Å². The predicted molar refractivity (Wildman–Crippen MR) is 101 cm³/mol. The summed E-state index contributed by atoms with van der Waals surface area (Å²) in [6.07, 6.45) is 2.59. The van der Waals surface area contributed by atoms with Crippen LogP contribution in [0, 0.1) is 5.92 Å². The molecule has 148 valence electrons. The summed E-state index contributed by atoms with van der Waals surface area (Å²) in [7, 11) is 1.59. The van der Waals surface area contributed by atoms with Crippen molar-refractivity contribution >= 4 is 17.9 Å². The summed E-state index contributed by atoms with van der Waals surface area (Å²) in [6.45, 7) is 13.5. The minimum absolute atomic E-state index is 0.0550. The predicted octanol–water partition coefficient (Wildman–Crippen LogP) is 2.13. The monoisotopic (exact) mass is 367 g/mol. The lowest BCUT2D eigenvalue weighted by atomic mass is 9.96. The summed E-state index contributed by atoms with van der Waals surface area (Å²) in [4.78, 5) is 40.9. The first-order valence-electron chi connectivity index (χ1n) is 9.20. The van der Waals surface area contributed by atoms with Gasteiger partial charge in [-0.25, -0.2) is 4.79 Å². The van der Waals surface area contributed by atoms with Crippen LogP contribution in [0.1, 0.15) is 40.5 Å². The molecule has 0 N–H and O–H groups in total. The summed E-state index contributed by atoms with van der Waals surface area (Å²) in [6, 6.07) is 0. The van der Waals surface area contributed by atoms with Gasteiger partial charge in [-0.1, -0.05) is 6.58 Å². The van der Waals surface area contributed by atoms with E-state index in [9.17, 15) is 14.4 Å². The van der Waals surface area contributed by atoms with Crippen LogP contribution in [0.3, 0.4) is 0 Å². The van der Waals surface area contributed by atoms with Crippen LogP contribution in [0.25, 0.3) is 0 Å². The second kappa shape index (κ2) is 9.59. The van der Waals surface area contributed by atoms with Gasteiger partial charge in [-0.15, -0.1) is 0 Å². The zero-order valence-corrected chi connectivity index (χ0v) is 16.8. The van der Waals surface area contributed by atoms with Gasteiger partial charge >= 0.3 is 6.09 Å². The highest BCUT2D eigenvalue weighted by Gasteiger charge is 2.28. The molecule has 7 nitrogen and oxygen atoms in total. The number of ether oxygens (including phenoxy) is 1. The molecule has 1 aliphatic heterocycles. The normalized spacial score (nSPS) is 15.3. The maximum absolute atomic E-state index is 12.3. The number of nitrogens with zero attached hydrogens (tertiary/aromatic N) is 3. The zero-order chi connectivity index (χ0) is 19.9. The Hall–Kier alpha value is -2.05. The number of amides is 3. The van der Waals surface area contributed by atoms with Gasteiger partial charge in [-0.05, 0) is 52.5 Å². The average molecular weight is 367 g/mol. The van der Waals surface area contributed by atoms with E-state index in [4.69, 9.17) is 4.74 Å². The molecule has 26 heavy (non-hydrogen) atoms. The molecule has 0 atom stereocenters. The van der Waals surface area contributed by atoms with Gasteiger partial charge in [0.1, 0.15) is 5.60 Å². The second-order valence-corrected chi connectivity index (χ2v) is 7.74. The third kappa shape index (κ3) is 7.06. The topological polar surface area (TPSA) is 70.2 Å². The van der Waals surface area contributed by atoms with Crippen LogP contribution in [0.2, 0.25) is 0 Å². The molecule has 1 aliphatic rings. The molecule has 0 saturated carbocycles. The third-order valence-corrected chi connectivity index (χ3v) is 4.40. The molecule has 0 aromatic heterocycles. The number of carbonyl (C=O) groups excluding carboxylic acids is 3. The summed E-state index contributed by atoms with van der Waals surface area (Å²) < 4.78 is 5.45. The lowest BCUT2D eigenvalue weighted by Crippen LogP contribution is -2.46. The van der Waals surface area contributed by atoms with Crippen LogP contribution >= 0.6 is 0 Å². The number of likely N-dealkylation sites (N-methyl/N-ethyl adjacent to an activating group) is 1.